The maximum Gasteiger partial charge on any atom is 0.122 e. The van der Waals surface area contributed by atoms with Crippen LogP contribution in [-0.4, -0.2) is 23.5 Å². The molecule has 6 rings (SSSR count). The van der Waals surface area contributed by atoms with Gasteiger partial charge in [-0.15, -0.1) is 0 Å². The zero-order valence-corrected chi connectivity index (χ0v) is 32.2. The monoisotopic (exact) mass is 663 g/mol. The topological polar surface area (TPSA) is 9.23 Å². The summed E-state index contributed by atoms with van der Waals surface area (Å²) in [5, 5.41) is 3.03. The van der Waals surface area contributed by atoms with Crippen LogP contribution in [0.3, 0.4) is 0 Å². The lowest BCUT2D eigenvalue weighted by Crippen LogP contribution is -2.54. The van der Waals surface area contributed by atoms with Crippen LogP contribution in [0.5, 0.6) is 5.75 Å². The molecule has 0 N–H and O–H groups in total. The van der Waals surface area contributed by atoms with E-state index >= 15 is 0 Å². The molecule has 0 saturated heterocycles. The molecule has 0 saturated carbocycles. The Morgan fingerprint density at radius 2 is 1.23 bits per heavy atom. The molecular weight excluding hydrogens is 613 g/mol. The van der Waals surface area contributed by atoms with Crippen molar-refractivity contribution in [2.24, 2.45) is 0 Å². The van der Waals surface area contributed by atoms with Gasteiger partial charge in [-0.3, -0.25) is 0 Å². The van der Waals surface area contributed by atoms with Gasteiger partial charge in [-0.05, 0) is 67.6 Å². The molecule has 0 unspecified atom stereocenters. The van der Waals surface area contributed by atoms with Crippen LogP contribution in [-0.2, 0) is 5.41 Å². The van der Waals surface area contributed by atoms with E-state index in [4.69, 9.17) is 4.74 Å². The van der Waals surface area contributed by atoms with Crippen LogP contribution in [0.1, 0.15) is 62.4 Å². The summed E-state index contributed by atoms with van der Waals surface area (Å²) >= 11 is 0. The van der Waals surface area contributed by atoms with E-state index in [9.17, 15) is 0 Å². The molecule has 0 heterocycles. The van der Waals surface area contributed by atoms with Gasteiger partial charge in [0, 0.05) is 5.54 Å². The van der Waals surface area contributed by atoms with E-state index in [1.807, 2.05) is 6.08 Å². The normalized spacial score (nSPS) is 13.0. The minimum atomic E-state index is -2.38. The number of rotatable bonds is 10. The lowest BCUT2D eigenvalue weighted by Gasteiger charge is -2.41. The summed E-state index contributed by atoms with van der Waals surface area (Å²) in [6.45, 7) is 23.9. The molecular formula is C45H51OSi2. The number of fused-ring (bicyclic) bond motifs is 3. The quantitative estimate of drug-likeness (QED) is 0.107. The molecule has 3 heteroatoms. The summed E-state index contributed by atoms with van der Waals surface area (Å²) in [4.78, 5) is 0. The minimum Gasteiger partial charge on any atom is -0.489 e. The molecule has 0 aliphatic heterocycles. The molecule has 0 spiro atoms. The van der Waals surface area contributed by atoms with Gasteiger partial charge in [0.05, 0.1) is 8.80 Å². The van der Waals surface area contributed by atoms with Crippen LogP contribution >= 0.6 is 0 Å². The van der Waals surface area contributed by atoms with Crippen LogP contribution < -0.4 is 15.1 Å². The van der Waals surface area contributed by atoms with Gasteiger partial charge >= 0.3 is 0 Å². The van der Waals surface area contributed by atoms with Crippen molar-refractivity contribution in [1.29, 1.82) is 0 Å². The Balaban J connectivity index is 1.70. The summed E-state index contributed by atoms with van der Waals surface area (Å²) in [6.07, 6.45) is 1.92. The van der Waals surface area contributed by atoms with Crippen LogP contribution in [0.4, 0.5) is 0 Å². The number of hydrogen-bond acceptors (Lipinski definition) is 1. The lowest BCUT2D eigenvalue weighted by atomic mass is 9.85. The first-order chi connectivity index (χ1) is 23.1. The Hall–Kier alpha value is -3.93. The molecule has 0 fully saturated rings. The average Bonchev–Trinajstić information content (AvgIpc) is 3.42. The zero-order valence-electron chi connectivity index (χ0n) is 30.2. The largest absolute Gasteiger partial charge is 0.489 e. The van der Waals surface area contributed by atoms with Crippen molar-refractivity contribution < 1.29 is 4.74 Å². The lowest BCUT2D eigenvalue weighted by molar-refractivity contribution is 0.354. The SMILES string of the molecule is C=CCOc1c([Si](CC)(CC)C2c3cc(-c4ccccc4)ccc3-c3ccc(-c4ccccc4)cc32)cc(C)c([Si](C)C)c1C(C)(C)C. The molecule has 0 amide bonds. The van der Waals surface area contributed by atoms with Gasteiger partial charge in [-0.25, -0.2) is 0 Å². The van der Waals surface area contributed by atoms with Crippen molar-refractivity contribution in [1.82, 2.24) is 0 Å². The Labute approximate surface area is 292 Å². The maximum atomic E-state index is 6.95. The Morgan fingerprint density at radius 1 is 0.729 bits per heavy atom. The predicted octanol–water partition coefficient (Wildman–Crippen LogP) is 11.2. The van der Waals surface area contributed by atoms with Crippen molar-refractivity contribution in [3.8, 4) is 39.1 Å². The fourth-order valence-electron chi connectivity index (χ4n) is 8.49. The molecule has 0 aromatic heterocycles. The van der Waals surface area contributed by atoms with E-state index in [2.05, 4.69) is 164 Å². The van der Waals surface area contributed by atoms with E-state index in [1.54, 1.807) is 0 Å². The third-order valence-corrected chi connectivity index (χ3v) is 18.0. The summed E-state index contributed by atoms with van der Waals surface area (Å²) in [5.74, 6) is 1.15. The van der Waals surface area contributed by atoms with Crippen LogP contribution in [0, 0.1) is 6.92 Å². The summed E-state index contributed by atoms with van der Waals surface area (Å²) < 4.78 is 6.95. The standard InChI is InChI=1S/C45H51OSi2/c1-10-27-46-42-40(28-31(4)43(47(8)9)41(42)45(5,6)7)48(11-2,12-3)44-38-29-34(32-19-15-13-16-20-32)23-25-36(38)37-26-24-35(30-39(37)44)33-21-17-14-18-22-33/h10,13-26,28-30,44H,1,11-12,27H2,2-9H3. The van der Waals surface area contributed by atoms with E-state index in [1.165, 1.54) is 66.0 Å². The highest BCUT2D eigenvalue weighted by atomic mass is 28.3. The third-order valence-electron chi connectivity index (χ3n) is 10.7. The van der Waals surface area contributed by atoms with Gasteiger partial charge in [-0.1, -0.05) is 186 Å². The van der Waals surface area contributed by atoms with Gasteiger partial charge in [0.25, 0.3) is 0 Å². The number of aryl methyl sites for hydroxylation is 1. The van der Waals surface area contributed by atoms with Gasteiger partial charge in [-0.2, -0.15) is 0 Å². The van der Waals surface area contributed by atoms with Gasteiger partial charge in [0.2, 0.25) is 0 Å². The molecule has 1 aliphatic carbocycles. The first-order valence-corrected chi connectivity index (χ1v) is 22.7. The molecule has 48 heavy (non-hydrogen) atoms. The van der Waals surface area contributed by atoms with Crippen molar-refractivity contribution in [2.45, 2.75) is 77.7 Å². The molecule has 0 bridgehead atoms. The number of benzene rings is 5. The van der Waals surface area contributed by atoms with Crippen molar-refractivity contribution in [2.75, 3.05) is 6.61 Å². The molecule has 5 aromatic rings. The second kappa shape index (κ2) is 13.5. The predicted molar refractivity (Wildman–Crippen MR) is 214 cm³/mol. The second-order valence-corrected chi connectivity index (χ2v) is 22.1. The third kappa shape index (κ3) is 5.86. The summed E-state index contributed by atoms with van der Waals surface area (Å²) in [6, 6.07) is 41.1. The van der Waals surface area contributed by atoms with E-state index < -0.39 is 16.9 Å². The van der Waals surface area contributed by atoms with Crippen LogP contribution in [0.2, 0.25) is 25.2 Å². The Bertz CT molecular complexity index is 1840. The minimum absolute atomic E-state index is 0.0530. The first-order valence-electron chi connectivity index (χ1n) is 17.7. The highest BCUT2D eigenvalue weighted by Gasteiger charge is 2.49. The Morgan fingerprint density at radius 3 is 1.65 bits per heavy atom. The van der Waals surface area contributed by atoms with Crippen molar-refractivity contribution in [3.63, 3.8) is 0 Å². The van der Waals surface area contributed by atoms with Gasteiger partial charge in [0.15, 0.2) is 0 Å². The fraction of sp³-hybridized carbons (Fsp3) is 0.289. The van der Waals surface area contributed by atoms with Gasteiger partial charge in [0.1, 0.15) is 20.4 Å². The smallest absolute Gasteiger partial charge is 0.122 e. The maximum absolute atomic E-state index is 6.95. The highest BCUT2D eigenvalue weighted by molar-refractivity contribution is 6.94. The summed E-state index contributed by atoms with van der Waals surface area (Å²) in [7, 11) is -3.13. The number of ether oxygens (including phenoxy) is 1. The van der Waals surface area contributed by atoms with Crippen molar-refractivity contribution >= 4 is 27.2 Å². The molecule has 0 atom stereocenters. The van der Waals surface area contributed by atoms with E-state index in [-0.39, 0.29) is 5.41 Å². The van der Waals surface area contributed by atoms with Crippen LogP contribution in [0.25, 0.3) is 33.4 Å². The summed E-state index contributed by atoms with van der Waals surface area (Å²) in [5.41, 5.74) is 14.0. The van der Waals surface area contributed by atoms with Crippen molar-refractivity contribution in [3.05, 3.63) is 138 Å². The first kappa shape index (κ1) is 34.0. The second-order valence-electron chi connectivity index (χ2n) is 14.8. The fourth-order valence-corrected chi connectivity index (χ4v) is 15.6. The highest BCUT2D eigenvalue weighted by Crippen LogP contribution is 2.53. The van der Waals surface area contributed by atoms with Gasteiger partial charge < -0.3 is 4.74 Å². The van der Waals surface area contributed by atoms with Crippen LogP contribution in [0.15, 0.2) is 116 Å². The van der Waals surface area contributed by atoms with E-state index in [0.29, 0.717) is 12.1 Å². The average molecular weight is 664 g/mol. The zero-order chi connectivity index (χ0) is 34.2. The molecule has 5 aromatic carbocycles. The molecule has 1 aliphatic rings. The molecule has 1 nitrogen and oxygen atoms in total. The molecule has 245 valence electrons. The molecule has 1 radical (unpaired) electrons. The Kier molecular flexibility index (Phi) is 9.57. The van der Waals surface area contributed by atoms with E-state index in [0.717, 1.165) is 17.8 Å². The number of hydrogen-bond donors (Lipinski definition) is 0.